The molecule has 0 N–H and O–H groups in total. The Labute approximate surface area is 168 Å². The number of aryl methyl sites for hydroxylation is 1. The average molecular weight is 401 g/mol. The van der Waals surface area contributed by atoms with Crippen LogP contribution in [0.15, 0.2) is 30.3 Å². The van der Waals surface area contributed by atoms with Crippen LogP contribution in [0.4, 0.5) is 0 Å². The number of para-hydroxylation sites is 2. The van der Waals surface area contributed by atoms with Crippen molar-refractivity contribution in [2.24, 2.45) is 0 Å². The number of fused-ring (bicyclic) bond motifs is 1. The Morgan fingerprint density at radius 3 is 2.62 bits per heavy atom. The number of ketones is 1. The van der Waals surface area contributed by atoms with Crippen LogP contribution in [-0.2, 0) is 25.6 Å². The molecule has 0 saturated carbocycles. The third-order valence-corrected chi connectivity index (χ3v) is 4.76. The molecule has 0 saturated heterocycles. The first-order valence-electron chi connectivity index (χ1n) is 9.22. The topological polar surface area (TPSA) is 93.1 Å². The van der Waals surface area contributed by atoms with Gasteiger partial charge < -0.3 is 23.5 Å². The van der Waals surface area contributed by atoms with E-state index in [9.17, 15) is 14.4 Å². The zero-order valence-corrected chi connectivity index (χ0v) is 16.6. The number of carbonyl (C=O) groups excluding carboxylic acids is 3. The van der Waals surface area contributed by atoms with E-state index in [1.807, 2.05) is 11.5 Å². The molecule has 8 nitrogen and oxygen atoms in total. The van der Waals surface area contributed by atoms with Crippen molar-refractivity contribution in [2.75, 3.05) is 20.3 Å². The summed E-state index contributed by atoms with van der Waals surface area (Å²) in [6, 6.07) is 8.75. The van der Waals surface area contributed by atoms with Gasteiger partial charge >= 0.3 is 11.9 Å². The summed E-state index contributed by atoms with van der Waals surface area (Å²) in [6.45, 7) is 3.66. The van der Waals surface area contributed by atoms with E-state index in [1.54, 1.807) is 37.3 Å². The number of ether oxygens (including phenoxy) is 4. The van der Waals surface area contributed by atoms with Crippen molar-refractivity contribution in [3.05, 3.63) is 47.3 Å². The minimum atomic E-state index is -0.926. The van der Waals surface area contributed by atoms with Crippen LogP contribution in [0.2, 0.25) is 0 Å². The van der Waals surface area contributed by atoms with Gasteiger partial charge in [-0.15, -0.1) is 0 Å². The molecule has 2 aromatic rings. The van der Waals surface area contributed by atoms with Gasteiger partial charge in [-0.3, -0.25) is 9.59 Å². The molecule has 154 valence electrons. The highest BCUT2D eigenvalue weighted by Crippen LogP contribution is 2.31. The Kier molecular flexibility index (Phi) is 6.21. The highest BCUT2D eigenvalue weighted by molar-refractivity contribution is 5.99. The monoisotopic (exact) mass is 401 g/mol. The number of hydrogen-bond donors (Lipinski definition) is 0. The van der Waals surface area contributed by atoms with Gasteiger partial charge in [0.05, 0.1) is 13.5 Å². The molecule has 0 bridgehead atoms. The normalized spacial score (nSPS) is 14.9. The molecule has 1 aliphatic heterocycles. The second-order valence-electron chi connectivity index (χ2n) is 6.66. The van der Waals surface area contributed by atoms with Gasteiger partial charge in [0.15, 0.2) is 18.1 Å². The first-order valence-corrected chi connectivity index (χ1v) is 9.22. The number of benzene rings is 1. The smallest absolute Gasteiger partial charge is 0.351 e. The molecule has 8 heteroatoms. The lowest BCUT2D eigenvalue weighted by Crippen LogP contribution is -2.38. The van der Waals surface area contributed by atoms with E-state index in [0.717, 1.165) is 5.69 Å². The molecule has 1 aliphatic rings. The van der Waals surface area contributed by atoms with Gasteiger partial charge in [-0.2, -0.15) is 0 Å². The van der Waals surface area contributed by atoms with Gasteiger partial charge in [-0.05, 0) is 32.0 Å². The van der Waals surface area contributed by atoms with Crippen molar-refractivity contribution in [2.45, 2.75) is 32.9 Å². The second-order valence-corrected chi connectivity index (χ2v) is 6.66. The lowest BCUT2D eigenvalue weighted by atomic mass is 10.1. The number of rotatable bonds is 7. The maximum atomic E-state index is 12.6. The van der Waals surface area contributed by atoms with Crippen molar-refractivity contribution < 1.29 is 33.3 Å². The van der Waals surface area contributed by atoms with Crippen LogP contribution in [0, 0.1) is 13.8 Å². The van der Waals surface area contributed by atoms with Crippen LogP contribution < -0.4 is 9.47 Å². The Balaban J connectivity index is 1.58. The highest BCUT2D eigenvalue weighted by atomic mass is 16.6. The summed E-state index contributed by atoms with van der Waals surface area (Å²) in [5, 5.41) is 0. The Morgan fingerprint density at radius 2 is 1.90 bits per heavy atom. The Morgan fingerprint density at radius 1 is 1.17 bits per heavy atom. The second kappa shape index (κ2) is 8.81. The molecular formula is C21H23NO7. The molecule has 1 aromatic carbocycles. The number of aromatic nitrogens is 1. The van der Waals surface area contributed by atoms with Gasteiger partial charge in [-0.25, -0.2) is 4.79 Å². The third-order valence-electron chi connectivity index (χ3n) is 4.76. The van der Waals surface area contributed by atoms with Crippen LogP contribution in [0.1, 0.15) is 28.2 Å². The van der Waals surface area contributed by atoms with Crippen LogP contribution >= 0.6 is 0 Å². The number of carbonyl (C=O) groups is 3. The fraction of sp³-hybridized carbons (Fsp3) is 0.381. The molecule has 0 fully saturated rings. The summed E-state index contributed by atoms with van der Waals surface area (Å²) in [7, 11) is 1.33. The maximum absolute atomic E-state index is 12.6. The zero-order valence-electron chi connectivity index (χ0n) is 16.6. The Hall–Kier alpha value is -3.29. The first-order chi connectivity index (χ1) is 13.9. The minimum absolute atomic E-state index is 0.0199. The largest absolute Gasteiger partial charge is 0.485 e. The van der Waals surface area contributed by atoms with Crippen molar-refractivity contribution in [3.63, 3.8) is 0 Å². The molecule has 3 rings (SSSR count). The van der Waals surface area contributed by atoms with Crippen molar-refractivity contribution in [1.29, 1.82) is 0 Å². The van der Waals surface area contributed by atoms with E-state index in [0.29, 0.717) is 29.3 Å². The van der Waals surface area contributed by atoms with Gasteiger partial charge in [0.25, 0.3) is 0 Å². The summed E-state index contributed by atoms with van der Waals surface area (Å²) >= 11 is 0. The average Bonchev–Trinajstić information content (AvgIpc) is 3.03. The van der Waals surface area contributed by atoms with Gasteiger partial charge in [-0.1, -0.05) is 12.1 Å². The predicted molar refractivity (Wildman–Crippen MR) is 102 cm³/mol. The van der Waals surface area contributed by atoms with E-state index < -0.39 is 18.7 Å². The quantitative estimate of drug-likeness (QED) is 0.519. The van der Waals surface area contributed by atoms with Crippen molar-refractivity contribution in [1.82, 2.24) is 4.57 Å². The standard InChI is InChI=1S/C21H23NO7/c1-13-10-15(14(2)22(13)9-8-20(24)26-3)16(23)11-28-21(25)19-12-27-17-6-4-5-7-18(17)29-19/h4-7,10,19H,8-9,11-12H2,1-3H3/t19-/m0/s1. The maximum Gasteiger partial charge on any atom is 0.351 e. The predicted octanol–water partition coefficient (Wildman–Crippen LogP) is 2.23. The fourth-order valence-electron chi connectivity index (χ4n) is 3.18. The third kappa shape index (κ3) is 4.59. The highest BCUT2D eigenvalue weighted by Gasteiger charge is 2.29. The molecule has 2 heterocycles. The zero-order chi connectivity index (χ0) is 21.0. The number of nitrogens with zero attached hydrogens (tertiary/aromatic N) is 1. The van der Waals surface area contributed by atoms with E-state index in [4.69, 9.17) is 14.2 Å². The van der Waals surface area contributed by atoms with Crippen LogP contribution in [0.5, 0.6) is 11.5 Å². The summed E-state index contributed by atoms with van der Waals surface area (Å²) in [5.41, 5.74) is 1.99. The van der Waals surface area contributed by atoms with Crippen LogP contribution in [0.25, 0.3) is 0 Å². The lowest BCUT2D eigenvalue weighted by Gasteiger charge is -2.24. The molecule has 0 radical (unpaired) electrons. The Bertz CT molecular complexity index is 931. The van der Waals surface area contributed by atoms with Crippen molar-refractivity contribution >= 4 is 17.7 Å². The van der Waals surface area contributed by atoms with Gasteiger partial charge in [0.1, 0.15) is 6.61 Å². The SMILES string of the molecule is COC(=O)CCn1c(C)cc(C(=O)COC(=O)[C@@H]2COc3ccccc3O2)c1C. The molecule has 1 aromatic heterocycles. The minimum Gasteiger partial charge on any atom is -0.485 e. The molecule has 0 aliphatic carbocycles. The van der Waals surface area contributed by atoms with E-state index in [1.165, 1.54) is 7.11 Å². The van der Waals surface area contributed by atoms with Crippen molar-refractivity contribution in [3.8, 4) is 11.5 Å². The number of hydrogen-bond acceptors (Lipinski definition) is 7. The number of methoxy groups -OCH3 is 1. The molecule has 29 heavy (non-hydrogen) atoms. The lowest BCUT2D eigenvalue weighted by molar-refractivity contribution is -0.153. The molecule has 1 atom stereocenters. The van der Waals surface area contributed by atoms with Crippen LogP contribution in [0.3, 0.4) is 0 Å². The molecule has 0 amide bonds. The van der Waals surface area contributed by atoms with E-state index in [-0.39, 0.29) is 24.8 Å². The summed E-state index contributed by atoms with van der Waals surface area (Å²) in [6.07, 6.45) is -0.721. The molecule has 0 unspecified atom stereocenters. The van der Waals surface area contributed by atoms with Crippen LogP contribution in [-0.4, -0.2) is 48.7 Å². The van der Waals surface area contributed by atoms with E-state index >= 15 is 0 Å². The first kappa shape index (κ1) is 20.4. The summed E-state index contributed by atoms with van der Waals surface area (Å²) in [5.74, 6) is -0.288. The van der Waals surface area contributed by atoms with E-state index in [2.05, 4.69) is 4.74 Å². The summed E-state index contributed by atoms with van der Waals surface area (Å²) in [4.78, 5) is 36.2. The number of Topliss-reactive ketones (excluding diaryl/α,β-unsaturated/α-hetero) is 1. The van der Waals surface area contributed by atoms with Gasteiger partial charge in [0, 0.05) is 23.5 Å². The molecular weight excluding hydrogens is 378 g/mol. The fourth-order valence-corrected chi connectivity index (χ4v) is 3.18. The molecule has 0 spiro atoms. The number of esters is 2. The summed E-state index contributed by atoms with van der Waals surface area (Å²) < 4.78 is 22.7. The van der Waals surface area contributed by atoms with Gasteiger partial charge in [0.2, 0.25) is 11.9 Å².